The third-order valence-electron chi connectivity index (χ3n) is 2.86. The highest BCUT2D eigenvalue weighted by Gasteiger charge is 2.21. The van der Waals surface area contributed by atoms with Gasteiger partial charge in [0.25, 0.3) is 11.8 Å². The van der Waals surface area contributed by atoms with Crippen molar-refractivity contribution in [1.82, 2.24) is 9.55 Å². The summed E-state index contributed by atoms with van der Waals surface area (Å²) in [5.74, 6) is -1.52. The van der Waals surface area contributed by atoms with Gasteiger partial charge in [0.05, 0.1) is 5.69 Å². The smallest absolute Gasteiger partial charge is 0.269 e. The molecule has 6 heteroatoms. The number of imidazole rings is 1. The number of aryl methyl sites for hydroxylation is 2. The maximum Gasteiger partial charge on any atom is 0.269 e. The van der Waals surface area contributed by atoms with E-state index in [1.165, 1.54) is 10.9 Å². The van der Waals surface area contributed by atoms with E-state index in [9.17, 15) is 9.59 Å². The largest absolute Gasteiger partial charge is 0.364 e. The summed E-state index contributed by atoms with van der Waals surface area (Å²) in [4.78, 5) is 26.7. The Balaban J connectivity index is 2.72. The standard InChI is InChI=1S/C13H14N4O2/c1-7-3-4-8(2)9(5-7)17-6-16-10(12(14)18)11(17)13(15)19/h3-6H,1-2H3,(H2,14,18)(H2,15,19). The molecule has 2 aromatic rings. The zero-order valence-corrected chi connectivity index (χ0v) is 10.7. The molecule has 98 valence electrons. The van der Waals surface area contributed by atoms with Crippen LogP contribution in [-0.4, -0.2) is 21.4 Å². The molecule has 0 aliphatic carbocycles. The van der Waals surface area contributed by atoms with Gasteiger partial charge in [0.1, 0.15) is 12.0 Å². The molecule has 19 heavy (non-hydrogen) atoms. The second-order valence-electron chi connectivity index (χ2n) is 4.33. The summed E-state index contributed by atoms with van der Waals surface area (Å²) < 4.78 is 1.49. The van der Waals surface area contributed by atoms with Crippen LogP contribution in [0.3, 0.4) is 0 Å². The maximum atomic E-state index is 11.5. The van der Waals surface area contributed by atoms with Crippen molar-refractivity contribution in [2.24, 2.45) is 11.5 Å². The number of carbonyl (C=O) groups excluding carboxylic acids is 2. The molecule has 0 aliphatic heterocycles. The first kappa shape index (κ1) is 12.8. The molecule has 2 amide bonds. The predicted molar refractivity (Wildman–Crippen MR) is 70.1 cm³/mol. The fraction of sp³-hybridized carbons (Fsp3) is 0.154. The van der Waals surface area contributed by atoms with Crippen molar-refractivity contribution in [3.63, 3.8) is 0 Å². The van der Waals surface area contributed by atoms with E-state index in [1.807, 2.05) is 32.0 Å². The molecule has 1 heterocycles. The number of rotatable bonds is 3. The van der Waals surface area contributed by atoms with E-state index in [2.05, 4.69) is 4.98 Å². The van der Waals surface area contributed by atoms with Gasteiger partial charge in [0.2, 0.25) is 0 Å². The molecule has 0 fully saturated rings. The number of primary amides is 2. The first-order valence-corrected chi connectivity index (χ1v) is 5.66. The Hall–Kier alpha value is -2.63. The van der Waals surface area contributed by atoms with Crippen molar-refractivity contribution < 1.29 is 9.59 Å². The van der Waals surface area contributed by atoms with Gasteiger partial charge < -0.3 is 11.5 Å². The Labute approximate surface area is 110 Å². The van der Waals surface area contributed by atoms with Crippen LogP contribution in [0.15, 0.2) is 24.5 Å². The van der Waals surface area contributed by atoms with Crippen LogP contribution in [-0.2, 0) is 0 Å². The highest BCUT2D eigenvalue weighted by atomic mass is 16.2. The SMILES string of the molecule is Cc1ccc(C)c(-n2cnc(C(N)=O)c2C(N)=O)c1. The van der Waals surface area contributed by atoms with Gasteiger partial charge in [0, 0.05) is 0 Å². The van der Waals surface area contributed by atoms with Crippen molar-refractivity contribution >= 4 is 11.8 Å². The summed E-state index contributed by atoms with van der Waals surface area (Å²) in [6, 6.07) is 5.75. The maximum absolute atomic E-state index is 11.5. The molecule has 1 aromatic carbocycles. The summed E-state index contributed by atoms with van der Waals surface area (Å²) in [5.41, 5.74) is 13.1. The quantitative estimate of drug-likeness (QED) is 0.846. The number of benzene rings is 1. The molecule has 1 aromatic heterocycles. The Bertz CT molecular complexity index is 673. The molecule has 0 saturated heterocycles. The third kappa shape index (κ3) is 2.20. The van der Waals surface area contributed by atoms with E-state index < -0.39 is 11.8 Å². The summed E-state index contributed by atoms with van der Waals surface area (Å²) >= 11 is 0. The molecule has 0 radical (unpaired) electrons. The van der Waals surface area contributed by atoms with Crippen LogP contribution in [0, 0.1) is 13.8 Å². The highest BCUT2D eigenvalue weighted by molar-refractivity contribution is 6.04. The Morgan fingerprint density at radius 1 is 1.16 bits per heavy atom. The number of nitrogens with two attached hydrogens (primary N) is 2. The van der Waals surface area contributed by atoms with E-state index in [-0.39, 0.29) is 11.4 Å². The van der Waals surface area contributed by atoms with Crippen LogP contribution >= 0.6 is 0 Å². The van der Waals surface area contributed by atoms with Crippen molar-refractivity contribution in [3.8, 4) is 5.69 Å². The monoisotopic (exact) mass is 258 g/mol. The molecule has 0 saturated carbocycles. The van der Waals surface area contributed by atoms with Crippen LogP contribution in [0.25, 0.3) is 5.69 Å². The lowest BCUT2D eigenvalue weighted by Crippen LogP contribution is -2.23. The number of carbonyl (C=O) groups is 2. The Morgan fingerprint density at radius 3 is 2.42 bits per heavy atom. The van der Waals surface area contributed by atoms with Gasteiger partial charge in [-0.3, -0.25) is 14.2 Å². The fourth-order valence-electron chi connectivity index (χ4n) is 1.93. The van der Waals surface area contributed by atoms with Gasteiger partial charge in [-0.1, -0.05) is 12.1 Å². The lowest BCUT2D eigenvalue weighted by atomic mass is 10.1. The van der Waals surface area contributed by atoms with E-state index in [1.54, 1.807) is 0 Å². The van der Waals surface area contributed by atoms with Crippen molar-refractivity contribution in [1.29, 1.82) is 0 Å². The Kier molecular flexibility index (Phi) is 3.08. The van der Waals surface area contributed by atoms with Crippen molar-refractivity contribution in [2.75, 3.05) is 0 Å². The number of amides is 2. The molecule has 0 atom stereocenters. The van der Waals surface area contributed by atoms with Crippen LogP contribution in [0.4, 0.5) is 0 Å². The minimum Gasteiger partial charge on any atom is -0.364 e. The summed E-state index contributed by atoms with van der Waals surface area (Å²) in [5, 5.41) is 0. The molecular formula is C13H14N4O2. The van der Waals surface area contributed by atoms with Crippen molar-refractivity contribution in [2.45, 2.75) is 13.8 Å². The lowest BCUT2D eigenvalue weighted by Gasteiger charge is -2.10. The summed E-state index contributed by atoms with van der Waals surface area (Å²) in [6.45, 7) is 3.82. The Morgan fingerprint density at radius 2 is 1.84 bits per heavy atom. The minimum absolute atomic E-state index is 0.00111. The van der Waals surface area contributed by atoms with Gasteiger partial charge in [-0.15, -0.1) is 0 Å². The third-order valence-corrected chi connectivity index (χ3v) is 2.86. The second-order valence-corrected chi connectivity index (χ2v) is 4.33. The lowest BCUT2D eigenvalue weighted by molar-refractivity contribution is 0.0960. The molecule has 2 rings (SSSR count). The number of hydrogen-bond acceptors (Lipinski definition) is 3. The number of aromatic nitrogens is 2. The molecule has 4 N–H and O–H groups in total. The molecule has 6 nitrogen and oxygen atoms in total. The van der Waals surface area contributed by atoms with E-state index in [4.69, 9.17) is 11.5 Å². The average molecular weight is 258 g/mol. The first-order valence-electron chi connectivity index (χ1n) is 5.66. The first-order chi connectivity index (χ1) is 8.91. The fourth-order valence-corrected chi connectivity index (χ4v) is 1.93. The van der Waals surface area contributed by atoms with Crippen LogP contribution in [0.1, 0.15) is 32.1 Å². The van der Waals surface area contributed by atoms with Gasteiger partial charge in [0.15, 0.2) is 5.69 Å². The van der Waals surface area contributed by atoms with Crippen LogP contribution in [0.2, 0.25) is 0 Å². The summed E-state index contributed by atoms with van der Waals surface area (Å²) in [6.07, 6.45) is 1.38. The second kappa shape index (κ2) is 4.56. The molecular weight excluding hydrogens is 244 g/mol. The highest BCUT2D eigenvalue weighted by Crippen LogP contribution is 2.19. The van der Waals surface area contributed by atoms with Gasteiger partial charge in [-0.05, 0) is 31.0 Å². The van der Waals surface area contributed by atoms with Gasteiger partial charge in [-0.25, -0.2) is 4.98 Å². The molecule has 0 spiro atoms. The van der Waals surface area contributed by atoms with E-state index in [0.717, 1.165) is 16.8 Å². The molecule has 0 aliphatic rings. The van der Waals surface area contributed by atoms with Gasteiger partial charge in [-0.2, -0.15) is 0 Å². The van der Waals surface area contributed by atoms with Gasteiger partial charge >= 0.3 is 0 Å². The normalized spacial score (nSPS) is 10.4. The van der Waals surface area contributed by atoms with E-state index in [0.29, 0.717) is 0 Å². The molecule has 0 bridgehead atoms. The van der Waals surface area contributed by atoms with Crippen LogP contribution < -0.4 is 11.5 Å². The topological polar surface area (TPSA) is 104 Å². The van der Waals surface area contributed by atoms with Crippen LogP contribution in [0.5, 0.6) is 0 Å². The zero-order chi connectivity index (χ0) is 14.2. The zero-order valence-electron chi connectivity index (χ0n) is 10.7. The van der Waals surface area contributed by atoms with E-state index >= 15 is 0 Å². The number of nitrogens with zero attached hydrogens (tertiary/aromatic N) is 2. The average Bonchev–Trinajstić information content (AvgIpc) is 2.76. The molecule has 0 unspecified atom stereocenters. The minimum atomic E-state index is -0.780. The number of hydrogen-bond donors (Lipinski definition) is 2. The predicted octanol–water partition coefficient (Wildman–Crippen LogP) is 0.687. The van der Waals surface area contributed by atoms with Crippen molar-refractivity contribution in [3.05, 3.63) is 47.0 Å². The summed E-state index contributed by atoms with van der Waals surface area (Å²) in [7, 11) is 0.